The lowest BCUT2D eigenvalue weighted by molar-refractivity contribution is -0.137. The molecule has 1 heterocycles. The average Bonchev–Trinajstić information content (AvgIpc) is 3.06. The first-order valence-electron chi connectivity index (χ1n) is 6.85. The number of aromatic nitrogens is 2. The van der Waals surface area contributed by atoms with Crippen LogP contribution in [0.5, 0.6) is 0 Å². The van der Waals surface area contributed by atoms with E-state index >= 15 is 0 Å². The topological polar surface area (TPSA) is 101 Å². The molecule has 23 heavy (non-hydrogen) atoms. The first-order valence-corrected chi connectivity index (χ1v) is 8.33. The summed E-state index contributed by atoms with van der Waals surface area (Å²) in [6.07, 6.45) is 3.38. The highest BCUT2D eigenvalue weighted by Gasteiger charge is 2.47. The molecule has 1 fully saturated rings. The second kappa shape index (κ2) is 5.43. The van der Waals surface area contributed by atoms with E-state index in [1.54, 1.807) is 6.07 Å². The molecule has 0 bridgehead atoms. The Morgan fingerprint density at radius 2 is 2.17 bits per heavy atom. The number of nitrogens with zero attached hydrogens (tertiary/aromatic N) is 2. The van der Waals surface area contributed by atoms with E-state index in [0.717, 1.165) is 17.1 Å². The first kappa shape index (κ1) is 15.6. The maximum Gasteiger partial charge on any atom is 0.325 e. The van der Waals surface area contributed by atoms with Crippen LogP contribution in [0.25, 0.3) is 0 Å². The van der Waals surface area contributed by atoms with Crippen molar-refractivity contribution in [1.29, 1.82) is 0 Å². The summed E-state index contributed by atoms with van der Waals surface area (Å²) in [5.74, 6) is -1.55. The lowest BCUT2D eigenvalue weighted by Gasteiger charge is -2.17. The normalized spacial score (nSPS) is 16.2. The molecule has 0 spiro atoms. The van der Waals surface area contributed by atoms with E-state index < -0.39 is 33.9 Å². The second-order valence-corrected chi connectivity index (χ2v) is 7.15. The van der Waals surface area contributed by atoms with Crippen molar-refractivity contribution in [2.24, 2.45) is 0 Å². The standard InChI is InChI=1S/C14H14FN3O4S/c15-11-3-1-2-10(6-11)14(4-5-14)17-23(21,22)12-7-16-18(8-12)9-13(19)20/h1-3,6-8,17H,4-5,9H2,(H,19,20). The smallest absolute Gasteiger partial charge is 0.325 e. The van der Waals surface area contributed by atoms with Crippen LogP contribution in [-0.4, -0.2) is 29.3 Å². The number of hydrogen-bond donors (Lipinski definition) is 2. The molecule has 7 nitrogen and oxygen atoms in total. The number of sulfonamides is 1. The Bertz CT molecular complexity index is 858. The van der Waals surface area contributed by atoms with Crippen molar-refractivity contribution in [1.82, 2.24) is 14.5 Å². The van der Waals surface area contributed by atoms with Gasteiger partial charge in [-0.25, -0.2) is 17.5 Å². The summed E-state index contributed by atoms with van der Waals surface area (Å²) in [4.78, 5) is 10.5. The highest BCUT2D eigenvalue weighted by Crippen LogP contribution is 2.46. The van der Waals surface area contributed by atoms with Crippen LogP contribution < -0.4 is 4.72 Å². The SMILES string of the molecule is O=C(O)Cn1cc(S(=O)(=O)NC2(c3cccc(F)c3)CC2)cn1. The molecule has 122 valence electrons. The quantitative estimate of drug-likeness (QED) is 0.820. The van der Waals surface area contributed by atoms with E-state index in [9.17, 15) is 17.6 Å². The highest BCUT2D eigenvalue weighted by atomic mass is 32.2. The molecule has 3 rings (SSSR count). The fourth-order valence-electron chi connectivity index (χ4n) is 2.39. The van der Waals surface area contributed by atoms with Crippen molar-refractivity contribution >= 4 is 16.0 Å². The van der Waals surface area contributed by atoms with Crippen molar-refractivity contribution in [3.8, 4) is 0 Å². The van der Waals surface area contributed by atoms with Crippen molar-refractivity contribution in [2.75, 3.05) is 0 Å². The Labute approximate surface area is 131 Å². The van der Waals surface area contributed by atoms with Gasteiger partial charge in [-0.3, -0.25) is 9.48 Å². The van der Waals surface area contributed by atoms with Crippen molar-refractivity contribution < 1.29 is 22.7 Å². The van der Waals surface area contributed by atoms with Crippen LogP contribution in [0.1, 0.15) is 18.4 Å². The fraction of sp³-hybridized carbons (Fsp3) is 0.286. The van der Waals surface area contributed by atoms with Gasteiger partial charge in [-0.1, -0.05) is 12.1 Å². The fourth-order valence-corrected chi connectivity index (χ4v) is 3.79. The van der Waals surface area contributed by atoms with Crippen LogP contribution in [0.3, 0.4) is 0 Å². The largest absolute Gasteiger partial charge is 0.480 e. The van der Waals surface area contributed by atoms with Gasteiger partial charge in [0.15, 0.2) is 0 Å². The van der Waals surface area contributed by atoms with Crippen LogP contribution in [0.2, 0.25) is 0 Å². The molecule has 1 aromatic carbocycles. The predicted molar refractivity (Wildman–Crippen MR) is 77.5 cm³/mol. The molecule has 2 aromatic rings. The molecule has 1 aliphatic carbocycles. The van der Waals surface area contributed by atoms with Crippen molar-refractivity contribution in [2.45, 2.75) is 29.8 Å². The van der Waals surface area contributed by atoms with Crippen molar-refractivity contribution in [3.63, 3.8) is 0 Å². The second-order valence-electron chi connectivity index (χ2n) is 5.47. The van der Waals surface area contributed by atoms with Gasteiger partial charge >= 0.3 is 5.97 Å². The molecule has 2 N–H and O–H groups in total. The van der Waals surface area contributed by atoms with Gasteiger partial charge in [0.25, 0.3) is 0 Å². The molecular formula is C14H14FN3O4S. The molecule has 9 heteroatoms. The van der Waals surface area contributed by atoms with Crippen LogP contribution in [0.15, 0.2) is 41.6 Å². The third kappa shape index (κ3) is 3.25. The number of halogens is 1. The van der Waals surface area contributed by atoms with Gasteiger partial charge in [-0.2, -0.15) is 5.10 Å². The zero-order chi connectivity index (χ0) is 16.7. The van der Waals surface area contributed by atoms with Crippen molar-refractivity contribution in [3.05, 3.63) is 48.0 Å². The summed E-state index contributed by atoms with van der Waals surface area (Å²) in [5.41, 5.74) is -0.241. The summed E-state index contributed by atoms with van der Waals surface area (Å²) in [5, 5.41) is 12.4. The maximum atomic E-state index is 13.4. The molecule has 1 aliphatic rings. The Balaban J connectivity index is 1.84. The van der Waals surface area contributed by atoms with Gasteiger partial charge < -0.3 is 5.11 Å². The summed E-state index contributed by atoms with van der Waals surface area (Å²) in [7, 11) is -3.88. The third-order valence-corrected chi connectivity index (χ3v) is 5.16. The molecule has 0 atom stereocenters. The van der Waals surface area contributed by atoms with Gasteiger partial charge in [0.2, 0.25) is 10.0 Å². The molecule has 0 aliphatic heterocycles. The van der Waals surface area contributed by atoms with Crippen LogP contribution in [0.4, 0.5) is 4.39 Å². The van der Waals surface area contributed by atoms with E-state index in [4.69, 9.17) is 5.11 Å². The van der Waals surface area contributed by atoms with Gasteiger partial charge in [0.05, 0.1) is 11.7 Å². The van der Waals surface area contributed by atoms with E-state index in [-0.39, 0.29) is 4.90 Å². The van der Waals surface area contributed by atoms with Crippen LogP contribution in [-0.2, 0) is 26.9 Å². The lowest BCUT2D eigenvalue weighted by Crippen LogP contribution is -2.34. The first-order chi connectivity index (χ1) is 10.8. The molecule has 0 radical (unpaired) electrons. The Morgan fingerprint density at radius 1 is 1.43 bits per heavy atom. The zero-order valence-corrected chi connectivity index (χ0v) is 12.8. The minimum Gasteiger partial charge on any atom is -0.480 e. The Kier molecular flexibility index (Phi) is 3.69. The van der Waals surface area contributed by atoms with Gasteiger partial charge in [-0.15, -0.1) is 0 Å². The molecule has 0 saturated heterocycles. The van der Waals surface area contributed by atoms with E-state index in [0.29, 0.717) is 18.4 Å². The summed E-state index contributed by atoms with van der Waals surface area (Å²) < 4.78 is 41.8. The van der Waals surface area contributed by atoms with Crippen LogP contribution in [0, 0.1) is 5.82 Å². The summed E-state index contributed by atoms with van der Waals surface area (Å²) >= 11 is 0. The molecule has 1 aromatic heterocycles. The number of carboxylic acids is 1. The van der Waals surface area contributed by atoms with E-state index in [1.807, 2.05) is 0 Å². The zero-order valence-electron chi connectivity index (χ0n) is 11.9. The number of carboxylic acid groups (broad SMARTS) is 1. The average molecular weight is 339 g/mol. The number of carbonyl (C=O) groups is 1. The minimum atomic E-state index is -3.88. The minimum absolute atomic E-state index is 0.124. The predicted octanol–water partition coefficient (Wildman–Crippen LogP) is 1.07. The number of nitrogens with one attached hydrogen (secondary N) is 1. The number of hydrogen-bond acceptors (Lipinski definition) is 4. The number of rotatable bonds is 6. The van der Waals surface area contributed by atoms with Gasteiger partial charge in [-0.05, 0) is 30.5 Å². The summed E-state index contributed by atoms with van der Waals surface area (Å²) in [6.45, 7) is -0.426. The number of aliphatic carboxylic acids is 1. The van der Waals surface area contributed by atoms with E-state index in [2.05, 4.69) is 9.82 Å². The van der Waals surface area contributed by atoms with Gasteiger partial charge in [0.1, 0.15) is 17.3 Å². The monoisotopic (exact) mass is 339 g/mol. The third-order valence-electron chi connectivity index (χ3n) is 3.67. The lowest BCUT2D eigenvalue weighted by atomic mass is 10.1. The molecular weight excluding hydrogens is 325 g/mol. The Hall–Kier alpha value is -2.26. The molecule has 0 amide bonds. The van der Waals surface area contributed by atoms with E-state index in [1.165, 1.54) is 18.2 Å². The Morgan fingerprint density at radius 3 is 2.78 bits per heavy atom. The highest BCUT2D eigenvalue weighted by molar-refractivity contribution is 7.89. The summed E-state index contributed by atoms with van der Waals surface area (Å²) in [6, 6.07) is 5.81. The van der Waals surface area contributed by atoms with Crippen LogP contribution >= 0.6 is 0 Å². The molecule has 0 unspecified atom stereocenters. The van der Waals surface area contributed by atoms with Gasteiger partial charge in [0, 0.05) is 6.20 Å². The molecule has 1 saturated carbocycles. The maximum absolute atomic E-state index is 13.4. The number of benzene rings is 1.